The summed E-state index contributed by atoms with van der Waals surface area (Å²) in [7, 11) is 0. The molecule has 2 aromatic carbocycles. The lowest BCUT2D eigenvalue weighted by Crippen LogP contribution is -2.58. The number of anilines is 1. The van der Waals surface area contributed by atoms with Crippen LogP contribution in [0, 0.1) is 6.92 Å². The van der Waals surface area contributed by atoms with Crippen LogP contribution in [0.1, 0.15) is 65.1 Å². The predicted octanol–water partition coefficient (Wildman–Crippen LogP) is 3.78. The van der Waals surface area contributed by atoms with E-state index in [4.69, 9.17) is 10.5 Å². The third-order valence-electron chi connectivity index (χ3n) is 5.50. The fourth-order valence-electron chi connectivity index (χ4n) is 3.89. The molecule has 2 aromatic rings. The molecule has 0 heterocycles. The number of para-hydroxylation sites is 2. The number of benzene rings is 2. The largest absolute Gasteiger partial charge is 0.508 e. The Hall–Kier alpha value is -4.08. The third-order valence-corrected chi connectivity index (χ3v) is 5.50. The smallest absolute Gasteiger partial charge is 0.408 e. The summed E-state index contributed by atoms with van der Waals surface area (Å²) in [6, 6.07) is 10.5. The Kier molecular flexibility index (Phi) is 9.50. The normalized spacial score (nSPS) is 13.1. The lowest BCUT2D eigenvalue weighted by atomic mass is 9.94. The lowest BCUT2D eigenvalue weighted by molar-refractivity contribution is -0.147. The number of phenolic OH excluding ortho intramolecular Hbond substituents is 1. The van der Waals surface area contributed by atoms with Crippen molar-refractivity contribution in [2.75, 3.05) is 5.32 Å². The number of nitrogens with one attached hydrogen (secondary N) is 2. The molecule has 0 aromatic heterocycles. The van der Waals surface area contributed by atoms with Crippen molar-refractivity contribution in [1.82, 2.24) is 10.2 Å². The topological polar surface area (TPSA) is 151 Å². The van der Waals surface area contributed by atoms with Gasteiger partial charge < -0.3 is 31.1 Å². The van der Waals surface area contributed by atoms with Gasteiger partial charge in [0.15, 0.2) is 0 Å². The minimum Gasteiger partial charge on any atom is -0.508 e. The molecule has 0 fully saturated rings. The van der Waals surface area contributed by atoms with E-state index in [2.05, 4.69) is 10.6 Å². The second-order valence-corrected chi connectivity index (χ2v) is 11.0. The fraction of sp³-hybridized carbons (Fsp3) is 0.429. The van der Waals surface area contributed by atoms with E-state index in [-0.39, 0.29) is 11.3 Å². The van der Waals surface area contributed by atoms with Crippen LogP contribution in [0.2, 0.25) is 0 Å². The van der Waals surface area contributed by atoms with E-state index >= 15 is 0 Å². The molecule has 38 heavy (non-hydrogen) atoms. The number of primary amides is 1. The number of hydrogen-bond donors (Lipinski definition) is 4. The van der Waals surface area contributed by atoms with Crippen molar-refractivity contribution in [2.45, 2.75) is 78.1 Å². The number of ether oxygens (including phenoxy) is 1. The average Bonchev–Trinajstić information content (AvgIpc) is 2.76. The van der Waals surface area contributed by atoms with E-state index in [0.29, 0.717) is 5.69 Å². The van der Waals surface area contributed by atoms with Gasteiger partial charge in [-0.3, -0.25) is 14.4 Å². The molecule has 0 radical (unpaired) electrons. The van der Waals surface area contributed by atoms with Crippen LogP contribution in [-0.2, 0) is 19.1 Å². The minimum atomic E-state index is -1.43. The maximum atomic E-state index is 14.1. The Morgan fingerprint density at radius 3 is 2.08 bits per heavy atom. The van der Waals surface area contributed by atoms with E-state index in [1.165, 1.54) is 17.0 Å². The van der Waals surface area contributed by atoms with Gasteiger partial charge in [0, 0.05) is 16.8 Å². The molecule has 0 bridgehead atoms. The van der Waals surface area contributed by atoms with Crippen molar-refractivity contribution >= 4 is 29.5 Å². The first kappa shape index (κ1) is 30.1. The van der Waals surface area contributed by atoms with Crippen molar-refractivity contribution in [1.29, 1.82) is 0 Å². The first-order valence-corrected chi connectivity index (χ1v) is 12.3. The number of aromatic hydroxyl groups is 1. The molecular weight excluding hydrogens is 488 g/mol. The second kappa shape index (κ2) is 12.0. The number of alkyl carbamates (subject to hydrolysis) is 1. The van der Waals surface area contributed by atoms with Gasteiger partial charge in [0.1, 0.15) is 23.4 Å². The molecule has 0 aliphatic heterocycles. The van der Waals surface area contributed by atoms with E-state index in [1.807, 2.05) is 19.1 Å². The Labute approximate surface area is 223 Å². The van der Waals surface area contributed by atoms with Gasteiger partial charge in [0.05, 0.1) is 6.42 Å². The van der Waals surface area contributed by atoms with Gasteiger partial charge >= 0.3 is 6.09 Å². The summed E-state index contributed by atoms with van der Waals surface area (Å²) in [6.07, 6.45) is -1.45. The maximum absolute atomic E-state index is 14.1. The zero-order valence-corrected chi connectivity index (χ0v) is 23.0. The van der Waals surface area contributed by atoms with Crippen LogP contribution in [0.25, 0.3) is 0 Å². The molecule has 0 aliphatic carbocycles. The van der Waals surface area contributed by atoms with Gasteiger partial charge in [0.2, 0.25) is 11.8 Å². The summed E-state index contributed by atoms with van der Waals surface area (Å²) in [4.78, 5) is 53.6. The molecule has 10 nitrogen and oxygen atoms in total. The molecule has 0 aliphatic rings. The number of hydrogen-bond acceptors (Lipinski definition) is 6. The molecule has 5 N–H and O–H groups in total. The Morgan fingerprint density at radius 2 is 1.55 bits per heavy atom. The monoisotopic (exact) mass is 526 g/mol. The first-order valence-electron chi connectivity index (χ1n) is 12.3. The van der Waals surface area contributed by atoms with Gasteiger partial charge in [-0.1, -0.05) is 36.4 Å². The molecule has 2 rings (SSSR count). The number of nitrogens with zero attached hydrogens (tertiary/aromatic N) is 1. The van der Waals surface area contributed by atoms with E-state index in [0.717, 1.165) is 5.56 Å². The van der Waals surface area contributed by atoms with Crippen LogP contribution >= 0.6 is 0 Å². The lowest BCUT2D eigenvalue weighted by Gasteiger charge is -2.43. The zero-order valence-electron chi connectivity index (χ0n) is 23.0. The number of aryl methyl sites for hydroxylation is 1. The molecule has 2 atom stereocenters. The zero-order chi connectivity index (χ0) is 28.8. The van der Waals surface area contributed by atoms with E-state index in [9.17, 15) is 24.3 Å². The molecule has 0 saturated heterocycles. The van der Waals surface area contributed by atoms with Crippen LogP contribution < -0.4 is 16.4 Å². The Bertz CT molecular complexity index is 1180. The van der Waals surface area contributed by atoms with Gasteiger partial charge in [-0.2, -0.15) is 0 Å². The average molecular weight is 527 g/mol. The number of amides is 4. The maximum Gasteiger partial charge on any atom is 0.408 e. The molecule has 10 heteroatoms. The van der Waals surface area contributed by atoms with Crippen LogP contribution in [0.5, 0.6) is 5.75 Å². The Balaban J connectivity index is 2.62. The van der Waals surface area contributed by atoms with Crippen molar-refractivity contribution in [3.63, 3.8) is 0 Å². The number of phenols is 1. The highest BCUT2D eigenvalue weighted by Gasteiger charge is 2.43. The fourth-order valence-corrected chi connectivity index (χ4v) is 3.89. The van der Waals surface area contributed by atoms with Crippen LogP contribution in [0.3, 0.4) is 0 Å². The summed E-state index contributed by atoms with van der Waals surface area (Å²) in [5.74, 6) is -2.39. The van der Waals surface area contributed by atoms with Crippen molar-refractivity contribution < 1.29 is 29.0 Å². The quantitative estimate of drug-likeness (QED) is 0.411. The second-order valence-electron chi connectivity index (χ2n) is 11.0. The SMILES string of the molecule is Cc1ccccc1NC(=O)C(c1ccccc1O)N(C(=O)C(CC(N)=O)NC(=O)OC(C)(C)C)C(C)(C)C. The van der Waals surface area contributed by atoms with Gasteiger partial charge in [-0.05, 0) is 66.2 Å². The molecule has 4 amide bonds. The summed E-state index contributed by atoms with van der Waals surface area (Å²) in [6.45, 7) is 11.9. The summed E-state index contributed by atoms with van der Waals surface area (Å²) in [5, 5.41) is 16.0. The predicted molar refractivity (Wildman–Crippen MR) is 144 cm³/mol. The molecule has 0 saturated carbocycles. The third kappa shape index (κ3) is 8.22. The number of carbonyl (C=O) groups is 4. The standard InChI is InChI=1S/C28H38N4O6/c1-17-12-8-10-14-19(17)30-24(35)23(18-13-9-11-15-21(18)33)32(27(2,3)4)25(36)20(16-22(29)34)31-26(37)38-28(5,6)7/h8-15,20,23,33H,16H2,1-7H3,(H2,29,34)(H,30,35)(H,31,37). The number of rotatable bonds is 8. The van der Waals surface area contributed by atoms with E-state index in [1.54, 1.807) is 65.8 Å². The highest BCUT2D eigenvalue weighted by Crippen LogP contribution is 2.35. The highest BCUT2D eigenvalue weighted by atomic mass is 16.6. The van der Waals surface area contributed by atoms with Gasteiger partial charge in [-0.25, -0.2) is 4.79 Å². The van der Waals surface area contributed by atoms with Crippen LogP contribution in [0.4, 0.5) is 10.5 Å². The van der Waals surface area contributed by atoms with Crippen LogP contribution in [-0.4, -0.2) is 51.0 Å². The molecule has 0 spiro atoms. The highest BCUT2D eigenvalue weighted by molar-refractivity contribution is 6.00. The Morgan fingerprint density at radius 1 is 0.974 bits per heavy atom. The summed E-state index contributed by atoms with van der Waals surface area (Å²) in [5.41, 5.74) is 5.02. The van der Waals surface area contributed by atoms with Gasteiger partial charge in [0.25, 0.3) is 5.91 Å². The van der Waals surface area contributed by atoms with Gasteiger partial charge in [-0.15, -0.1) is 0 Å². The van der Waals surface area contributed by atoms with Crippen molar-refractivity contribution in [2.24, 2.45) is 5.73 Å². The number of nitrogens with two attached hydrogens (primary N) is 1. The molecule has 206 valence electrons. The molecular formula is C28H38N4O6. The van der Waals surface area contributed by atoms with Crippen molar-refractivity contribution in [3.05, 3.63) is 59.7 Å². The first-order chi connectivity index (χ1) is 17.5. The number of carbonyl (C=O) groups excluding carboxylic acids is 4. The van der Waals surface area contributed by atoms with Crippen molar-refractivity contribution in [3.8, 4) is 5.75 Å². The molecule has 2 unspecified atom stereocenters. The van der Waals surface area contributed by atoms with E-state index < -0.39 is 53.5 Å². The summed E-state index contributed by atoms with van der Waals surface area (Å²) >= 11 is 0. The summed E-state index contributed by atoms with van der Waals surface area (Å²) < 4.78 is 5.28. The minimum absolute atomic E-state index is 0.164. The van der Waals surface area contributed by atoms with Crippen LogP contribution in [0.15, 0.2) is 48.5 Å².